The van der Waals surface area contributed by atoms with Crippen LogP contribution in [0.2, 0.25) is 0 Å². The molecule has 1 aromatic rings. The largest absolute Gasteiger partial charge is 0.513 e. The molecule has 0 fully saturated rings. The second-order valence-corrected chi connectivity index (χ2v) is 9.64. The Kier molecular flexibility index (Phi) is 14.8. The van der Waals surface area contributed by atoms with Gasteiger partial charge in [0.1, 0.15) is 18.8 Å². The predicted molar refractivity (Wildman–Crippen MR) is 138 cm³/mol. The Hall–Kier alpha value is -3.34. The summed E-state index contributed by atoms with van der Waals surface area (Å²) in [5, 5.41) is 0. The maximum atomic E-state index is 12.3. The second-order valence-electron chi connectivity index (χ2n) is 9.64. The lowest BCUT2D eigenvalue weighted by molar-refractivity contribution is -0.158. The van der Waals surface area contributed by atoms with Gasteiger partial charge < -0.3 is 34.2 Å². The van der Waals surface area contributed by atoms with Crippen LogP contribution in [0.1, 0.15) is 66.4 Å². The fraction of sp³-hybridized carbons (Fsp3) is 0.630. The molecule has 0 aliphatic rings. The van der Waals surface area contributed by atoms with Crippen molar-refractivity contribution in [3.05, 3.63) is 23.8 Å². The third kappa shape index (κ3) is 13.8. The molecule has 0 aromatic heterocycles. The molecule has 2 N–H and O–H groups in total. The van der Waals surface area contributed by atoms with Crippen LogP contribution in [0.15, 0.2) is 18.2 Å². The van der Waals surface area contributed by atoms with Gasteiger partial charge in [0.2, 0.25) is 0 Å². The van der Waals surface area contributed by atoms with Gasteiger partial charge in [-0.05, 0) is 55.7 Å². The molecule has 11 nitrogen and oxygen atoms in total. The van der Waals surface area contributed by atoms with Crippen molar-refractivity contribution in [1.29, 1.82) is 0 Å². The van der Waals surface area contributed by atoms with E-state index in [-0.39, 0.29) is 44.2 Å². The summed E-state index contributed by atoms with van der Waals surface area (Å²) in [5.74, 6) is -0.598. The number of hydrogen-bond donors (Lipinski definition) is 1. The number of carbonyl (C=O) groups is 4. The number of benzene rings is 1. The number of hydrogen-bond acceptors (Lipinski definition) is 11. The molecule has 0 radical (unpaired) electrons. The van der Waals surface area contributed by atoms with Crippen molar-refractivity contribution in [2.75, 3.05) is 19.8 Å². The van der Waals surface area contributed by atoms with E-state index in [2.05, 4.69) is 0 Å². The van der Waals surface area contributed by atoms with Crippen LogP contribution < -0.4 is 15.2 Å². The van der Waals surface area contributed by atoms with Gasteiger partial charge in [-0.2, -0.15) is 0 Å². The smallest absolute Gasteiger partial charge is 0.461 e. The predicted octanol–water partition coefficient (Wildman–Crippen LogP) is 4.56. The van der Waals surface area contributed by atoms with Crippen LogP contribution in [0.3, 0.4) is 0 Å². The summed E-state index contributed by atoms with van der Waals surface area (Å²) in [6, 6.07) is 3.33. The van der Waals surface area contributed by atoms with Crippen LogP contribution in [0, 0.1) is 11.8 Å². The quantitative estimate of drug-likeness (QED) is 0.190. The maximum absolute atomic E-state index is 12.3. The van der Waals surface area contributed by atoms with E-state index in [1.807, 2.05) is 27.7 Å². The minimum atomic E-state index is -1.05. The Labute approximate surface area is 224 Å². The zero-order valence-electron chi connectivity index (χ0n) is 23.2. The third-order valence-corrected chi connectivity index (χ3v) is 5.06. The molecule has 1 aromatic carbocycles. The Bertz CT molecular complexity index is 915. The van der Waals surface area contributed by atoms with Gasteiger partial charge in [0, 0.05) is 6.42 Å². The van der Waals surface area contributed by atoms with Gasteiger partial charge in [0.25, 0.3) is 0 Å². The van der Waals surface area contributed by atoms with Crippen LogP contribution in [0.25, 0.3) is 0 Å². The molecule has 0 heterocycles. The summed E-state index contributed by atoms with van der Waals surface area (Å²) < 4.78 is 30.9. The molecular formula is C27H41NO10. The number of nitrogens with two attached hydrogens (primary N) is 1. The zero-order valence-corrected chi connectivity index (χ0v) is 23.2. The van der Waals surface area contributed by atoms with Gasteiger partial charge >= 0.3 is 24.2 Å². The Morgan fingerprint density at radius 3 is 1.89 bits per heavy atom. The summed E-state index contributed by atoms with van der Waals surface area (Å²) in [6.45, 7) is 11.4. The van der Waals surface area contributed by atoms with Crippen LogP contribution in [-0.4, -0.2) is 56.2 Å². The first kappa shape index (κ1) is 32.7. The lowest BCUT2D eigenvalue weighted by Gasteiger charge is -2.16. The van der Waals surface area contributed by atoms with Gasteiger partial charge in [-0.15, -0.1) is 0 Å². The summed E-state index contributed by atoms with van der Waals surface area (Å²) in [4.78, 5) is 48.0. The molecule has 2 atom stereocenters. The van der Waals surface area contributed by atoms with Crippen LogP contribution in [0.4, 0.5) is 9.59 Å². The van der Waals surface area contributed by atoms with E-state index >= 15 is 0 Å². The molecule has 0 bridgehead atoms. The minimum Gasteiger partial charge on any atom is -0.461 e. The van der Waals surface area contributed by atoms with Crippen molar-refractivity contribution >= 4 is 24.2 Å². The highest BCUT2D eigenvalue weighted by atomic mass is 16.7. The van der Waals surface area contributed by atoms with E-state index in [1.165, 1.54) is 12.1 Å². The van der Waals surface area contributed by atoms with E-state index in [0.29, 0.717) is 30.2 Å². The molecule has 0 saturated heterocycles. The molecule has 0 aliphatic heterocycles. The lowest BCUT2D eigenvalue weighted by Crippen LogP contribution is -2.36. The topological polar surface area (TPSA) is 150 Å². The molecule has 0 spiro atoms. The fourth-order valence-corrected chi connectivity index (χ4v) is 2.82. The van der Waals surface area contributed by atoms with Crippen molar-refractivity contribution in [2.24, 2.45) is 17.6 Å². The van der Waals surface area contributed by atoms with Crippen LogP contribution >= 0.6 is 0 Å². The van der Waals surface area contributed by atoms with E-state index in [9.17, 15) is 19.2 Å². The van der Waals surface area contributed by atoms with E-state index < -0.39 is 36.4 Å². The molecule has 0 unspecified atom stereocenters. The highest BCUT2D eigenvalue weighted by Crippen LogP contribution is 2.30. The standard InChI is InChI=1S/C27H41NO10/c1-7-24(29)36-19(6)16-35-25(30)21(28)14-20-8-9-22(37-26(31)33-12-10-17(2)3)23(15-20)38-27(32)34-13-11-18(4)5/h8-9,15,17-19,21H,7,10-14,16,28H2,1-6H3/t19-,21-/m0/s1. The zero-order chi connectivity index (χ0) is 28.7. The molecular weight excluding hydrogens is 498 g/mol. The van der Waals surface area contributed by atoms with Crippen molar-refractivity contribution < 1.29 is 47.6 Å². The number of ether oxygens (including phenoxy) is 6. The molecule has 0 aliphatic carbocycles. The SMILES string of the molecule is CCC(=O)O[C@@H](C)COC(=O)[C@@H](N)Cc1ccc(OC(=O)OCCC(C)C)c(OC(=O)OCCC(C)C)c1. The number of carbonyl (C=O) groups excluding carboxylic acids is 4. The summed E-state index contributed by atoms with van der Waals surface area (Å²) in [6.07, 6.45) is -0.990. The molecule has 0 amide bonds. The van der Waals surface area contributed by atoms with Crippen molar-refractivity contribution in [2.45, 2.75) is 79.4 Å². The van der Waals surface area contributed by atoms with Crippen molar-refractivity contribution in [3.8, 4) is 11.5 Å². The Morgan fingerprint density at radius 1 is 0.816 bits per heavy atom. The monoisotopic (exact) mass is 539 g/mol. The van der Waals surface area contributed by atoms with Gasteiger partial charge in [-0.25, -0.2) is 9.59 Å². The van der Waals surface area contributed by atoms with E-state index in [4.69, 9.17) is 34.2 Å². The fourth-order valence-electron chi connectivity index (χ4n) is 2.82. The minimum absolute atomic E-state index is 0.0276. The average molecular weight is 540 g/mol. The molecule has 0 saturated carbocycles. The first-order valence-corrected chi connectivity index (χ1v) is 12.8. The number of esters is 2. The van der Waals surface area contributed by atoms with E-state index in [0.717, 1.165) is 0 Å². The lowest BCUT2D eigenvalue weighted by atomic mass is 10.1. The van der Waals surface area contributed by atoms with Crippen molar-refractivity contribution in [3.63, 3.8) is 0 Å². The molecule has 38 heavy (non-hydrogen) atoms. The first-order valence-electron chi connectivity index (χ1n) is 12.8. The second kappa shape index (κ2) is 17.2. The van der Waals surface area contributed by atoms with Crippen LogP contribution in [-0.2, 0) is 35.0 Å². The van der Waals surface area contributed by atoms with Gasteiger partial charge in [0.15, 0.2) is 11.5 Å². The number of rotatable bonds is 15. The third-order valence-electron chi connectivity index (χ3n) is 5.06. The first-order chi connectivity index (χ1) is 17.9. The summed E-state index contributed by atoms with van der Waals surface area (Å²) >= 11 is 0. The van der Waals surface area contributed by atoms with E-state index in [1.54, 1.807) is 19.9 Å². The molecule has 11 heteroatoms. The normalized spacial score (nSPS) is 12.4. The van der Waals surface area contributed by atoms with Gasteiger partial charge in [0.05, 0.1) is 13.2 Å². The molecule has 214 valence electrons. The average Bonchev–Trinajstić information content (AvgIpc) is 2.83. The Morgan fingerprint density at radius 2 is 1.37 bits per heavy atom. The Balaban J connectivity index is 2.88. The maximum Gasteiger partial charge on any atom is 0.513 e. The van der Waals surface area contributed by atoms with Gasteiger partial charge in [-0.3, -0.25) is 9.59 Å². The summed E-state index contributed by atoms with van der Waals surface area (Å²) in [5.41, 5.74) is 6.49. The molecule has 1 rings (SSSR count). The highest BCUT2D eigenvalue weighted by Gasteiger charge is 2.21. The van der Waals surface area contributed by atoms with Crippen molar-refractivity contribution in [1.82, 2.24) is 0 Å². The summed E-state index contributed by atoms with van der Waals surface area (Å²) in [7, 11) is 0. The highest BCUT2D eigenvalue weighted by molar-refractivity contribution is 5.76. The van der Waals surface area contributed by atoms with Crippen LogP contribution in [0.5, 0.6) is 11.5 Å². The van der Waals surface area contributed by atoms with Gasteiger partial charge in [-0.1, -0.05) is 40.7 Å².